The maximum atomic E-state index is 10.8. The van der Waals surface area contributed by atoms with E-state index in [1.54, 1.807) is 0 Å². The first-order valence-corrected chi connectivity index (χ1v) is 4.65. The van der Waals surface area contributed by atoms with E-state index in [2.05, 4.69) is 36.7 Å². The molecule has 0 aliphatic heterocycles. The summed E-state index contributed by atoms with van der Waals surface area (Å²) in [6, 6.07) is 0. The van der Waals surface area contributed by atoms with Gasteiger partial charge in [0.15, 0.2) is 0 Å². The van der Waals surface area contributed by atoms with E-state index >= 15 is 0 Å². The molecule has 0 aromatic carbocycles. The summed E-state index contributed by atoms with van der Waals surface area (Å²) in [4.78, 5) is 10.8. The van der Waals surface area contributed by atoms with Crippen LogP contribution in [0.5, 0.6) is 0 Å². The van der Waals surface area contributed by atoms with Gasteiger partial charge in [-0.3, -0.25) is 4.79 Å². The Bertz CT molecular complexity index is 113. The predicted molar refractivity (Wildman–Crippen MR) is 47.5 cm³/mol. The third-order valence-electron chi connectivity index (χ3n) is 1.30. The van der Waals surface area contributed by atoms with Crippen molar-refractivity contribution < 1.29 is 4.79 Å². The zero-order valence-electron chi connectivity index (χ0n) is 6.91. The maximum Gasteiger partial charge on any atom is 0.143 e. The van der Waals surface area contributed by atoms with Gasteiger partial charge >= 0.3 is 0 Å². The lowest BCUT2D eigenvalue weighted by Crippen LogP contribution is -2.09. The Kier molecular flexibility index (Phi) is 4.18. The predicted octanol–water partition coefficient (Wildman–Crippen LogP) is 2.78. The molecule has 0 saturated heterocycles. The summed E-state index contributed by atoms with van der Waals surface area (Å²) in [5.74, 6) is 0.301. The molecule has 0 radical (unpaired) electrons. The molecule has 0 bridgehead atoms. The molecule has 2 heteroatoms. The van der Waals surface area contributed by atoms with Gasteiger partial charge in [-0.1, -0.05) is 36.7 Å². The topological polar surface area (TPSA) is 17.1 Å². The van der Waals surface area contributed by atoms with Gasteiger partial charge in [0.05, 0.1) is 5.33 Å². The summed E-state index contributed by atoms with van der Waals surface area (Å²) in [6.07, 6.45) is 1.69. The van der Waals surface area contributed by atoms with Crippen LogP contribution >= 0.6 is 15.9 Å². The van der Waals surface area contributed by atoms with Crippen LogP contribution in [0.15, 0.2) is 0 Å². The largest absolute Gasteiger partial charge is 0.299 e. The molecule has 0 spiro atoms. The lowest BCUT2D eigenvalue weighted by atomic mass is 9.90. The van der Waals surface area contributed by atoms with Crippen LogP contribution in [0.1, 0.15) is 33.6 Å². The van der Waals surface area contributed by atoms with Gasteiger partial charge in [0.25, 0.3) is 0 Å². The van der Waals surface area contributed by atoms with Crippen molar-refractivity contribution in [2.45, 2.75) is 33.6 Å². The normalized spacial score (nSPS) is 11.6. The summed E-state index contributed by atoms with van der Waals surface area (Å²) in [5.41, 5.74) is 0.290. The molecule has 0 aliphatic rings. The van der Waals surface area contributed by atoms with E-state index in [1.165, 1.54) is 0 Å². The first-order chi connectivity index (χ1) is 4.45. The Morgan fingerprint density at radius 3 is 2.20 bits per heavy atom. The molecule has 0 N–H and O–H groups in total. The van der Waals surface area contributed by atoms with E-state index in [4.69, 9.17) is 0 Å². The third kappa shape index (κ3) is 6.27. The van der Waals surface area contributed by atoms with Crippen molar-refractivity contribution in [1.29, 1.82) is 0 Å². The van der Waals surface area contributed by atoms with Crippen molar-refractivity contribution >= 4 is 21.7 Å². The first-order valence-electron chi connectivity index (χ1n) is 3.53. The molecule has 0 aromatic heterocycles. The van der Waals surface area contributed by atoms with Crippen molar-refractivity contribution in [3.8, 4) is 0 Å². The van der Waals surface area contributed by atoms with Crippen molar-refractivity contribution in [2.75, 3.05) is 5.33 Å². The monoisotopic (exact) mass is 206 g/mol. The zero-order valence-corrected chi connectivity index (χ0v) is 8.49. The number of carbonyl (C=O) groups is 1. The number of alkyl halides is 1. The molecule has 0 amide bonds. The minimum absolute atomic E-state index is 0.290. The Morgan fingerprint density at radius 2 is 1.90 bits per heavy atom. The number of Topliss-reactive ketones (excluding diaryl/α,β-unsaturated/α-hetero) is 1. The van der Waals surface area contributed by atoms with Gasteiger partial charge in [-0.05, 0) is 11.8 Å². The highest BCUT2D eigenvalue weighted by molar-refractivity contribution is 9.09. The molecule has 0 aliphatic carbocycles. The zero-order chi connectivity index (χ0) is 8.20. The number of carbonyl (C=O) groups excluding carboxylic acids is 1. The third-order valence-corrected chi connectivity index (χ3v) is 1.93. The summed E-state index contributed by atoms with van der Waals surface area (Å²) in [5, 5.41) is 0.503. The number of ketones is 1. The van der Waals surface area contributed by atoms with Crippen LogP contribution in [0, 0.1) is 5.41 Å². The Balaban J connectivity index is 3.46. The van der Waals surface area contributed by atoms with Crippen molar-refractivity contribution in [3.05, 3.63) is 0 Å². The van der Waals surface area contributed by atoms with Gasteiger partial charge in [0.1, 0.15) is 5.78 Å². The van der Waals surface area contributed by atoms with Crippen molar-refractivity contribution in [2.24, 2.45) is 5.41 Å². The molecule has 0 fully saturated rings. The maximum absolute atomic E-state index is 10.8. The summed E-state index contributed by atoms with van der Waals surface area (Å²) in [7, 11) is 0. The minimum Gasteiger partial charge on any atom is -0.299 e. The highest BCUT2D eigenvalue weighted by atomic mass is 79.9. The fourth-order valence-corrected chi connectivity index (χ4v) is 0.862. The minimum atomic E-state index is 0.290. The lowest BCUT2D eigenvalue weighted by Gasteiger charge is -2.16. The summed E-state index contributed by atoms with van der Waals surface area (Å²) in [6.45, 7) is 6.44. The van der Waals surface area contributed by atoms with Gasteiger partial charge in [-0.2, -0.15) is 0 Å². The van der Waals surface area contributed by atoms with E-state index in [0.29, 0.717) is 17.5 Å². The smallest absolute Gasteiger partial charge is 0.143 e. The van der Waals surface area contributed by atoms with Crippen molar-refractivity contribution in [1.82, 2.24) is 0 Å². The summed E-state index contributed by atoms with van der Waals surface area (Å²) < 4.78 is 0. The number of halogens is 1. The highest BCUT2D eigenvalue weighted by Gasteiger charge is 2.11. The molecule has 60 valence electrons. The average Bonchev–Trinajstić information content (AvgIpc) is 1.81. The molecule has 0 atom stereocenters. The molecule has 0 aromatic rings. The van der Waals surface area contributed by atoms with E-state index < -0.39 is 0 Å². The fourth-order valence-electron chi connectivity index (χ4n) is 0.581. The number of hydrogen-bond acceptors (Lipinski definition) is 1. The van der Waals surface area contributed by atoms with E-state index in [-0.39, 0.29) is 5.41 Å². The second-order valence-corrected chi connectivity index (χ2v) is 4.29. The molecule has 0 rings (SSSR count). The average molecular weight is 207 g/mol. The number of rotatable bonds is 3. The fraction of sp³-hybridized carbons (Fsp3) is 0.875. The molecule has 1 nitrogen and oxygen atoms in total. The van der Waals surface area contributed by atoms with Crippen molar-refractivity contribution in [3.63, 3.8) is 0 Å². The van der Waals surface area contributed by atoms with Gasteiger partial charge in [0.2, 0.25) is 0 Å². The van der Waals surface area contributed by atoms with Crippen LogP contribution in [0.3, 0.4) is 0 Å². The molecule has 0 heterocycles. The molecule has 0 saturated carbocycles. The van der Waals surface area contributed by atoms with Gasteiger partial charge < -0.3 is 0 Å². The molecule has 10 heavy (non-hydrogen) atoms. The van der Waals surface area contributed by atoms with E-state index in [1.807, 2.05) is 0 Å². The van der Waals surface area contributed by atoms with Crippen LogP contribution in [0.4, 0.5) is 0 Å². The lowest BCUT2D eigenvalue weighted by molar-refractivity contribution is -0.117. The first kappa shape index (κ1) is 10.2. The highest BCUT2D eigenvalue weighted by Crippen LogP contribution is 2.20. The van der Waals surface area contributed by atoms with Gasteiger partial charge in [0, 0.05) is 6.42 Å². The Morgan fingerprint density at radius 1 is 1.40 bits per heavy atom. The quantitative estimate of drug-likeness (QED) is 0.650. The van der Waals surface area contributed by atoms with Crippen LogP contribution in [-0.4, -0.2) is 11.1 Å². The van der Waals surface area contributed by atoms with Gasteiger partial charge in [-0.25, -0.2) is 0 Å². The number of hydrogen-bond donors (Lipinski definition) is 0. The second-order valence-electron chi connectivity index (χ2n) is 3.73. The molecule has 0 unspecified atom stereocenters. The second kappa shape index (κ2) is 4.12. The van der Waals surface area contributed by atoms with Crippen LogP contribution in [0.2, 0.25) is 0 Å². The van der Waals surface area contributed by atoms with Crippen LogP contribution in [-0.2, 0) is 4.79 Å². The van der Waals surface area contributed by atoms with Gasteiger partial charge in [-0.15, -0.1) is 0 Å². The van der Waals surface area contributed by atoms with E-state index in [0.717, 1.165) is 6.42 Å². The Labute approximate surface area is 71.3 Å². The van der Waals surface area contributed by atoms with Crippen LogP contribution < -0.4 is 0 Å². The standard InChI is InChI=1S/C8H15BrO/c1-8(2,3)5-4-7(10)6-9/h4-6H2,1-3H3. The SMILES string of the molecule is CC(C)(C)CCC(=O)CBr. The molecular formula is C8H15BrO. The van der Waals surface area contributed by atoms with Crippen LogP contribution in [0.25, 0.3) is 0 Å². The Hall–Kier alpha value is 0.150. The summed E-state index contributed by atoms with van der Waals surface area (Å²) >= 11 is 3.13. The van der Waals surface area contributed by atoms with E-state index in [9.17, 15) is 4.79 Å². The molecular weight excluding hydrogens is 192 g/mol.